The van der Waals surface area contributed by atoms with E-state index in [1.165, 1.54) is 0 Å². The first-order valence-corrected chi connectivity index (χ1v) is 3.44. The summed E-state index contributed by atoms with van der Waals surface area (Å²) in [5, 5.41) is 1.74. The number of hydrogen-bond donors (Lipinski definition) is 0. The van der Waals surface area contributed by atoms with Crippen molar-refractivity contribution < 1.29 is 4.39 Å². The van der Waals surface area contributed by atoms with Gasteiger partial charge in [-0.3, -0.25) is 0 Å². The molecule has 1 rings (SSSR count). The van der Waals surface area contributed by atoms with E-state index < -0.39 is 0 Å². The summed E-state index contributed by atoms with van der Waals surface area (Å²) < 4.78 is 12.4. The summed E-state index contributed by atoms with van der Waals surface area (Å²) in [5.74, 6) is 0. The Bertz CT molecular complexity index is 169. The molecule has 0 atom stereocenters. The predicted molar refractivity (Wildman–Crippen MR) is 33.7 cm³/mol. The van der Waals surface area contributed by atoms with Crippen LogP contribution in [0, 0.1) is 5.13 Å². The third-order valence-electron chi connectivity index (χ3n) is 1.07. The molecular weight excluding hydrogens is 123 g/mol. The van der Waals surface area contributed by atoms with Gasteiger partial charge >= 0.3 is 0 Å². The van der Waals surface area contributed by atoms with Crippen molar-refractivity contribution in [1.29, 1.82) is 0 Å². The molecule has 0 aromatic carbocycles. The van der Waals surface area contributed by atoms with Crippen LogP contribution in [-0.2, 0) is 6.42 Å². The maximum Gasteiger partial charge on any atom is 0.179 e. The molecular formula is C6H7FS. The van der Waals surface area contributed by atoms with Crippen molar-refractivity contribution in [3.8, 4) is 0 Å². The highest BCUT2D eigenvalue weighted by Gasteiger charge is 1.97. The minimum atomic E-state index is -0.0347. The zero-order valence-electron chi connectivity index (χ0n) is 4.65. The molecule has 0 saturated carbocycles. The minimum Gasteiger partial charge on any atom is -0.195 e. The zero-order chi connectivity index (χ0) is 5.98. The van der Waals surface area contributed by atoms with Gasteiger partial charge in [-0.1, -0.05) is 6.92 Å². The number of aryl methyl sites for hydroxylation is 1. The van der Waals surface area contributed by atoms with Crippen LogP contribution in [-0.4, -0.2) is 0 Å². The Balaban J connectivity index is 2.92. The van der Waals surface area contributed by atoms with Crippen LogP contribution in [0.3, 0.4) is 0 Å². The summed E-state index contributed by atoms with van der Waals surface area (Å²) in [7, 11) is 0. The van der Waals surface area contributed by atoms with E-state index in [9.17, 15) is 4.39 Å². The topological polar surface area (TPSA) is 0 Å². The SMILES string of the molecule is CCc1ccsc1F. The van der Waals surface area contributed by atoms with Gasteiger partial charge in [-0.2, -0.15) is 4.39 Å². The zero-order valence-corrected chi connectivity index (χ0v) is 5.46. The van der Waals surface area contributed by atoms with E-state index >= 15 is 0 Å². The Morgan fingerprint density at radius 1 is 1.75 bits per heavy atom. The standard InChI is InChI=1S/C6H7FS/c1-2-5-3-4-8-6(5)7/h3-4H,2H2,1H3. The fraction of sp³-hybridized carbons (Fsp3) is 0.333. The summed E-state index contributed by atoms with van der Waals surface area (Å²) in [6.45, 7) is 1.95. The van der Waals surface area contributed by atoms with Crippen LogP contribution in [0.2, 0.25) is 0 Å². The van der Waals surface area contributed by atoms with Gasteiger partial charge in [0.2, 0.25) is 0 Å². The van der Waals surface area contributed by atoms with Gasteiger partial charge in [0, 0.05) is 0 Å². The van der Waals surface area contributed by atoms with Gasteiger partial charge in [0.05, 0.1) is 0 Å². The summed E-state index contributed by atoms with van der Waals surface area (Å²) in [4.78, 5) is 0. The lowest BCUT2D eigenvalue weighted by Gasteiger charge is -1.83. The van der Waals surface area contributed by atoms with E-state index in [0.717, 1.165) is 23.3 Å². The van der Waals surface area contributed by atoms with Gasteiger partial charge in [0.25, 0.3) is 0 Å². The first-order valence-electron chi connectivity index (χ1n) is 2.56. The van der Waals surface area contributed by atoms with Crippen LogP contribution in [0.5, 0.6) is 0 Å². The molecule has 1 heterocycles. The number of halogens is 1. The van der Waals surface area contributed by atoms with Crippen molar-refractivity contribution in [3.05, 3.63) is 22.1 Å². The fourth-order valence-corrected chi connectivity index (χ4v) is 1.29. The van der Waals surface area contributed by atoms with E-state index in [1.807, 2.05) is 13.0 Å². The molecule has 0 radical (unpaired) electrons. The summed E-state index contributed by atoms with van der Waals surface area (Å²) in [5.41, 5.74) is 0.829. The number of thiophene rings is 1. The molecule has 1 aromatic heterocycles. The van der Waals surface area contributed by atoms with Crippen LogP contribution in [0.1, 0.15) is 12.5 Å². The molecule has 0 nitrogen and oxygen atoms in total. The molecule has 2 heteroatoms. The quantitative estimate of drug-likeness (QED) is 0.547. The van der Waals surface area contributed by atoms with E-state index in [4.69, 9.17) is 0 Å². The second-order valence-electron chi connectivity index (χ2n) is 1.57. The van der Waals surface area contributed by atoms with Crippen LogP contribution >= 0.6 is 11.3 Å². The Morgan fingerprint density at radius 3 is 2.75 bits per heavy atom. The Hall–Kier alpha value is -0.370. The summed E-state index contributed by atoms with van der Waals surface area (Å²) in [6, 6.07) is 1.82. The monoisotopic (exact) mass is 130 g/mol. The maximum absolute atomic E-state index is 12.4. The van der Waals surface area contributed by atoms with E-state index in [1.54, 1.807) is 5.38 Å². The number of hydrogen-bond acceptors (Lipinski definition) is 1. The second kappa shape index (κ2) is 2.27. The predicted octanol–water partition coefficient (Wildman–Crippen LogP) is 2.45. The molecule has 0 aliphatic heterocycles. The van der Waals surface area contributed by atoms with Crippen LogP contribution in [0.4, 0.5) is 4.39 Å². The van der Waals surface area contributed by atoms with E-state index in [0.29, 0.717) is 0 Å². The normalized spacial score (nSPS) is 9.75. The van der Waals surface area contributed by atoms with Gasteiger partial charge < -0.3 is 0 Å². The lowest BCUT2D eigenvalue weighted by atomic mass is 10.3. The summed E-state index contributed by atoms with van der Waals surface area (Å²) in [6.07, 6.45) is 0.801. The smallest absolute Gasteiger partial charge is 0.179 e. The van der Waals surface area contributed by atoms with E-state index in [2.05, 4.69) is 0 Å². The molecule has 0 aliphatic rings. The molecule has 0 saturated heterocycles. The Morgan fingerprint density at radius 2 is 2.50 bits per heavy atom. The fourth-order valence-electron chi connectivity index (χ4n) is 0.574. The van der Waals surface area contributed by atoms with Gasteiger partial charge in [-0.15, -0.1) is 11.3 Å². The van der Waals surface area contributed by atoms with Gasteiger partial charge in [-0.25, -0.2) is 0 Å². The molecule has 0 bridgehead atoms. The highest BCUT2D eigenvalue weighted by atomic mass is 32.1. The maximum atomic E-state index is 12.4. The second-order valence-corrected chi connectivity index (χ2v) is 2.44. The van der Waals surface area contributed by atoms with Gasteiger partial charge in [0.1, 0.15) is 0 Å². The van der Waals surface area contributed by atoms with Crippen LogP contribution in [0.15, 0.2) is 11.4 Å². The lowest BCUT2D eigenvalue weighted by molar-refractivity contribution is 0.642. The molecule has 0 aliphatic carbocycles. The van der Waals surface area contributed by atoms with Crippen molar-refractivity contribution in [3.63, 3.8) is 0 Å². The molecule has 0 amide bonds. The Labute approximate surface area is 52.0 Å². The average molecular weight is 130 g/mol. The van der Waals surface area contributed by atoms with E-state index in [-0.39, 0.29) is 5.13 Å². The minimum absolute atomic E-state index is 0.0347. The van der Waals surface area contributed by atoms with Crippen molar-refractivity contribution in [2.24, 2.45) is 0 Å². The molecule has 8 heavy (non-hydrogen) atoms. The first kappa shape index (κ1) is 5.76. The van der Waals surface area contributed by atoms with Crippen molar-refractivity contribution >= 4 is 11.3 Å². The largest absolute Gasteiger partial charge is 0.195 e. The summed E-state index contributed by atoms with van der Waals surface area (Å²) >= 11 is 1.16. The van der Waals surface area contributed by atoms with Crippen LogP contribution < -0.4 is 0 Å². The first-order chi connectivity index (χ1) is 3.84. The van der Waals surface area contributed by atoms with Gasteiger partial charge in [0.15, 0.2) is 5.13 Å². The molecule has 0 fully saturated rings. The average Bonchev–Trinajstić information content (AvgIpc) is 2.14. The molecule has 0 unspecified atom stereocenters. The molecule has 0 spiro atoms. The third kappa shape index (κ3) is 0.892. The molecule has 0 N–H and O–H groups in total. The van der Waals surface area contributed by atoms with Gasteiger partial charge in [-0.05, 0) is 23.4 Å². The van der Waals surface area contributed by atoms with Crippen molar-refractivity contribution in [1.82, 2.24) is 0 Å². The molecule has 44 valence electrons. The number of rotatable bonds is 1. The molecule has 1 aromatic rings. The Kier molecular flexibility index (Phi) is 1.63. The highest BCUT2D eigenvalue weighted by Crippen LogP contribution is 2.13. The highest BCUT2D eigenvalue weighted by molar-refractivity contribution is 7.08. The van der Waals surface area contributed by atoms with Crippen molar-refractivity contribution in [2.75, 3.05) is 0 Å². The van der Waals surface area contributed by atoms with Crippen LogP contribution in [0.25, 0.3) is 0 Å². The third-order valence-corrected chi connectivity index (χ3v) is 1.82. The van der Waals surface area contributed by atoms with Crippen molar-refractivity contribution in [2.45, 2.75) is 13.3 Å². The lowest BCUT2D eigenvalue weighted by Crippen LogP contribution is -1.75.